The van der Waals surface area contributed by atoms with E-state index in [-0.39, 0.29) is 12.5 Å². The minimum atomic E-state index is -0.273. The Morgan fingerprint density at radius 3 is 3.06 bits per heavy atom. The van der Waals surface area contributed by atoms with Crippen LogP contribution in [0.1, 0.15) is 15.9 Å². The van der Waals surface area contributed by atoms with Crippen LogP contribution in [-0.2, 0) is 0 Å². The van der Waals surface area contributed by atoms with Crippen LogP contribution in [-0.4, -0.2) is 27.0 Å². The van der Waals surface area contributed by atoms with Crippen LogP contribution in [0.25, 0.3) is 0 Å². The van der Waals surface area contributed by atoms with Gasteiger partial charge in [-0.05, 0) is 6.07 Å². The van der Waals surface area contributed by atoms with Gasteiger partial charge < -0.3 is 11.1 Å². The molecule has 0 bridgehead atoms. The molecule has 0 fully saturated rings. The lowest BCUT2D eigenvalue weighted by Crippen LogP contribution is -2.11. The van der Waals surface area contributed by atoms with Crippen LogP contribution in [0.2, 0.25) is 0 Å². The SMILES string of the molecule is NCC#Cc1cncc(C(=O)Nc2cnns2)c1. The second kappa shape index (κ2) is 5.86. The average Bonchev–Trinajstić information content (AvgIpc) is 2.89. The fourth-order valence-electron chi connectivity index (χ4n) is 1.19. The highest BCUT2D eigenvalue weighted by atomic mass is 32.1. The normalized spacial score (nSPS) is 9.39. The van der Waals surface area contributed by atoms with E-state index in [1.165, 1.54) is 12.4 Å². The number of pyridine rings is 1. The summed E-state index contributed by atoms with van der Waals surface area (Å²) in [6.07, 6.45) is 4.53. The van der Waals surface area contributed by atoms with Crippen LogP contribution in [0.15, 0.2) is 24.7 Å². The van der Waals surface area contributed by atoms with Crippen LogP contribution >= 0.6 is 11.5 Å². The van der Waals surface area contributed by atoms with E-state index in [1.54, 1.807) is 12.3 Å². The fourth-order valence-corrected chi connectivity index (χ4v) is 1.61. The van der Waals surface area contributed by atoms with Crippen molar-refractivity contribution < 1.29 is 4.79 Å². The summed E-state index contributed by atoms with van der Waals surface area (Å²) in [5.74, 6) is 5.25. The molecular weight excluding hydrogens is 250 g/mol. The maximum atomic E-state index is 11.9. The molecule has 0 saturated carbocycles. The number of carbonyl (C=O) groups excluding carboxylic acids is 1. The number of aromatic nitrogens is 3. The Morgan fingerprint density at radius 2 is 2.33 bits per heavy atom. The fraction of sp³-hybridized carbons (Fsp3) is 0.0909. The van der Waals surface area contributed by atoms with Crippen LogP contribution in [0.3, 0.4) is 0 Å². The molecule has 0 aliphatic carbocycles. The third-order valence-corrected chi connectivity index (χ3v) is 2.51. The number of nitrogens with two attached hydrogens (primary N) is 1. The summed E-state index contributed by atoms with van der Waals surface area (Å²) in [6, 6.07) is 1.65. The van der Waals surface area contributed by atoms with Gasteiger partial charge in [0.15, 0.2) is 0 Å². The highest BCUT2D eigenvalue weighted by Crippen LogP contribution is 2.11. The lowest BCUT2D eigenvalue weighted by Gasteiger charge is -2.01. The first-order valence-electron chi connectivity index (χ1n) is 5.02. The monoisotopic (exact) mass is 259 g/mol. The van der Waals surface area contributed by atoms with Gasteiger partial charge in [0.25, 0.3) is 5.91 Å². The van der Waals surface area contributed by atoms with E-state index < -0.39 is 0 Å². The summed E-state index contributed by atoms with van der Waals surface area (Å²) < 4.78 is 3.65. The van der Waals surface area contributed by atoms with Crippen LogP contribution in [0.4, 0.5) is 5.00 Å². The number of nitrogens with zero attached hydrogens (tertiary/aromatic N) is 3. The average molecular weight is 259 g/mol. The topological polar surface area (TPSA) is 93.8 Å². The van der Waals surface area contributed by atoms with Crippen LogP contribution in [0, 0.1) is 11.8 Å². The number of hydrogen-bond donors (Lipinski definition) is 2. The van der Waals surface area contributed by atoms with Crippen molar-refractivity contribution in [2.75, 3.05) is 11.9 Å². The van der Waals surface area contributed by atoms with Gasteiger partial charge in [0, 0.05) is 29.5 Å². The van der Waals surface area contributed by atoms with Crippen molar-refractivity contribution in [3.8, 4) is 11.8 Å². The first-order chi connectivity index (χ1) is 8.79. The van der Waals surface area contributed by atoms with E-state index in [4.69, 9.17) is 5.73 Å². The van der Waals surface area contributed by atoms with Crippen molar-refractivity contribution in [2.45, 2.75) is 0 Å². The highest BCUT2D eigenvalue weighted by Gasteiger charge is 2.08. The largest absolute Gasteiger partial charge is 0.320 e. The standard InChI is InChI=1S/C11H9N5OS/c12-3-1-2-8-4-9(6-13-5-8)11(17)15-10-7-14-16-18-10/h4-7H,3,12H2,(H,15,17). The molecule has 0 unspecified atom stereocenters. The molecule has 0 aliphatic heterocycles. The molecule has 2 heterocycles. The van der Waals surface area contributed by atoms with Crippen molar-refractivity contribution in [3.63, 3.8) is 0 Å². The second-order valence-corrected chi connectivity index (χ2v) is 3.99. The van der Waals surface area contributed by atoms with Crippen LogP contribution in [0.5, 0.6) is 0 Å². The van der Waals surface area contributed by atoms with E-state index in [0.29, 0.717) is 16.1 Å². The number of anilines is 1. The molecule has 2 rings (SSSR count). The molecule has 0 atom stereocenters. The maximum absolute atomic E-state index is 11.9. The summed E-state index contributed by atoms with van der Waals surface area (Å²) in [5, 5.41) is 6.87. The van der Waals surface area contributed by atoms with Crippen LogP contribution < -0.4 is 11.1 Å². The van der Waals surface area contributed by atoms with Gasteiger partial charge >= 0.3 is 0 Å². The van der Waals surface area contributed by atoms with Crippen molar-refractivity contribution >= 4 is 22.4 Å². The molecule has 6 nitrogen and oxygen atoms in total. The first-order valence-corrected chi connectivity index (χ1v) is 5.79. The predicted molar refractivity (Wildman–Crippen MR) is 68.0 cm³/mol. The van der Waals surface area contributed by atoms with E-state index in [1.807, 2.05) is 0 Å². The number of nitrogens with one attached hydrogen (secondary N) is 1. The zero-order valence-corrected chi connectivity index (χ0v) is 10.1. The molecule has 0 aromatic carbocycles. The van der Waals surface area contributed by atoms with E-state index >= 15 is 0 Å². The van der Waals surface area contributed by atoms with Gasteiger partial charge in [-0.25, -0.2) is 0 Å². The smallest absolute Gasteiger partial charge is 0.257 e. The third kappa shape index (κ3) is 3.10. The van der Waals surface area contributed by atoms with Crippen molar-refractivity contribution in [1.29, 1.82) is 0 Å². The van der Waals surface area contributed by atoms with Gasteiger partial charge in [-0.1, -0.05) is 16.3 Å². The van der Waals surface area contributed by atoms with Gasteiger partial charge in [0.1, 0.15) is 5.00 Å². The molecule has 7 heteroatoms. The zero-order valence-electron chi connectivity index (χ0n) is 9.25. The Labute approximate surface area is 107 Å². The molecule has 2 aromatic rings. The van der Waals surface area contributed by atoms with Crippen molar-refractivity contribution in [2.24, 2.45) is 5.73 Å². The van der Waals surface area contributed by atoms with E-state index in [2.05, 4.69) is 31.7 Å². The number of carbonyl (C=O) groups is 1. The molecule has 0 radical (unpaired) electrons. The molecular formula is C11H9N5OS. The molecule has 0 saturated heterocycles. The quantitative estimate of drug-likeness (QED) is 0.766. The van der Waals surface area contributed by atoms with Gasteiger partial charge in [-0.15, -0.1) is 5.10 Å². The maximum Gasteiger partial charge on any atom is 0.257 e. The van der Waals surface area contributed by atoms with Crippen molar-refractivity contribution in [1.82, 2.24) is 14.6 Å². The number of hydrogen-bond acceptors (Lipinski definition) is 6. The van der Waals surface area contributed by atoms with Gasteiger partial charge in [-0.3, -0.25) is 9.78 Å². The molecule has 0 aliphatic rings. The molecule has 0 spiro atoms. The molecule has 1 amide bonds. The Bertz CT molecular complexity index is 599. The first kappa shape index (κ1) is 12.2. The summed E-state index contributed by atoms with van der Waals surface area (Å²) in [7, 11) is 0. The lowest BCUT2D eigenvalue weighted by atomic mass is 10.2. The summed E-state index contributed by atoms with van der Waals surface area (Å²) in [6.45, 7) is 0.267. The highest BCUT2D eigenvalue weighted by molar-refractivity contribution is 7.10. The molecule has 90 valence electrons. The summed E-state index contributed by atoms with van der Waals surface area (Å²) in [5.41, 5.74) is 6.35. The minimum Gasteiger partial charge on any atom is -0.320 e. The van der Waals surface area contributed by atoms with Gasteiger partial charge in [0.2, 0.25) is 0 Å². The second-order valence-electron chi connectivity index (χ2n) is 3.20. The Morgan fingerprint density at radius 1 is 1.44 bits per heavy atom. The molecule has 18 heavy (non-hydrogen) atoms. The molecule has 2 aromatic heterocycles. The third-order valence-electron chi connectivity index (χ3n) is 1.93. The lowest BCUT2D eigenvalue weighted by molar-refractivity contribution is 0.102. The predicted octanol–water partition coefficient (Wildman–Crippen LogP) is 0.496. The van der Waals surface area contributed by atoms with E-state index in [0.717, 1.165) is 11.5 Å². The Hall–Kier alpha value is -2.30. The Kier molecular flexibility index (Phi) is 3.96. The summed E-state index contributed by atoms with van der Waals surface area (Å²) in [4.78, 5) is 15.8. The van der Waals surface area contributed by atoms with Gasteiger partial charge in [0.05, 0.1) is 18.3 Å². The number of rotatable bonds is 2. The number of amides is 1. The molecule has 3 N–H and O–H groups in total. The minimum absolute atomic E-state index is 0.267. The van der Waals surface area contributed by atoms with Crippen molar-refractivity contribution in [3.05, 3.63) is 35.8 Å². The van der Waals surface area contributed by atoms with Gasteiger partial charge in [-0.2, -0.15) is 0 Å². The van der Waals surface area contributed by atoms with E-state index in [9.17, 15) is 4.79 Å². The zero-order chi connectivity index (χ0) is 12.8. The Balaban J connectivity index is 2.15. The summed E-state index contributed by atoms with van der Waals surface area (Å²) >= 11 is 1.11.